The van der Waals surface area contributed by atoms with Gasteiger partial charge in [0.1, 0.15) is 0 Å². The zero-order chi connectivity index (χ0) is 17.1. The molecule has 0 nitrogen and oxygen atoms in total. The molecule has 8 rings (SSSR count). The van der Waals surface area contributed by atoms with Gasteiger partial charge in [0.25, 0.3) is 0 Å². The molecule has 0 amide bonds. The van der Waals surface area contributed by atoms with Crippen LogP contribution in [0.15, 0.2) is 25.3 Å². The Balaban J connectivity index is 1.50. The normalized spacial score (nSPS) is 63.8. The van der Waals surface area contributed by atoms with E-state index in [9.17, 15) is 0 Å². The first-order valence-corrected chi connectivity index (χ1v) is 11.2. The third-order valence-corrected chi connectivity index (χ3v) is 10.9. The van der Waals surface area contributed by atoms with E-state index in [1.54, 1.807) is 25.7 Å². The molecule has 25 heavy (non-hydrogen) atoms. The number of hydrogen-bond donors (Lipinski definition) is 0. The van der Waals surface area contributed by atoms with Gasteiger partial charge in [0.2, 0.25) is 0 Å². The van der Waals surface area contributed by atoms with Gasteiger partial charge in [-0.25, -0.2) is 0 Å². The van der Waals surface area contributed by atoms with Crippen molar-refractivity contribution in [2.45, 2.75) is 77.6 Å². The molecule has 0 aromatic carbocycles. The van der Waals surface area contributed by atoms with Gasteiger partial charge >= 0.3 is 0 Å². The van der Waals surface area contributed by atoms with Crippen LogP contribution >= 0.6 is 0 Å². The van der Waals surface area contributed by atoms with Gasteiger partial charge in [-0.1, -0.05) is 19.1 Å². The summed E-state index contributed by atoms with van der Waals surface area (Å²) >= 11 is 0. The Labute approximate surface area is 154 Å². The first kappa shape index (κ1) is 15.5. The SMILES string of the molecule is C=CC12CC3CC(C1)CC(C14CC5CC(CC(C=C)(C5)C1)C4C)(C3)C2. The summed E-state index contributed by atoms with van der Waals surface area (Å²) in [6.07, 6.45) is 21.5. The van der Waals surface area contributed by atoms with E-state index in [4.69, 9.17) is 0 Å². The van der Waals surface area contributed by atoms with Crippen LogP contribution in [-0.4, -0.2) is 0 Å². The summed E-state index contributed by atoms with van der Waals surface area (Å²) in [7, 11) is 0. The second-order valence-corrected chi connectivity index (χ2v) is 12.0. The van der Waals surface area contributed by atoms with Crippen molar-refractivity contribution in [3.05, 3.63) is 25.3 Å². The average Bonchev–Trinajstić information content (AvgIpc) is 2.57. The maximum Gasteiger partial charge on any atom is -0.0110 e. The van der Waals surface area contributed by atoms with E-state index < -0.39 is 0 Å². The van der Waals surface area contributed by atoms with Crippen molar-refractivity contribution in [3.63, 3.8) is 0 Å². The van der Waals surface area contributed by atoms with E-state index in [-0.39, 0.29) is 0 Å². The molecule has 0 N–H and O–H groups in total. The fraction of sp³-hybridized carbons (Fsp3) is 0.840. The van der Waals surface area contributed by atoms with E-state index in [2.05, 4.69) is 32.2 Å². The smallest absolute Gasteiger partial charge is 0.0110 e. The minimum Gasteiger partial charge on any atom is -0.103 e. The fourth-order valence-electron chi connectivity index (χ4n) is 10.8. The Morgan fingerprint density at radius 3 is 1.96 bits per heavy atom. The highest BCUT2D eigenvalue weighted by molar-refractivity contribution is 5.24. The second kappa shape index (κ2) is 4.48. The third-order valence-electron chi connectivity index (χ3n) is 10.9. The van der Waals surface area contributed by atoms with Gasteiger partial charge in [-0.05, 0) is 122 Å². The molecule has 0 heteroatoms. The van der Waals surface area contributed by atoms with Crippen LogP contribution in [0.5, 0.6) is 0 Å². The van der Waals surface area contributed by atoms with Crippen molar-refractivity contribution < 1.29 is 0 Å². The summed E-state index contributed by atoms with van der Waals surface area (Å²) in [5.74, 6) is 4.98. The summed E-state index contributed by atoms with van der Waals surface area (Å²) < 4.78 is 0. The van der Waals surface area contributed by atoms with Crippen molar-refractivity contribution in [1.29, 1.82) is 0 Å². The molecule has 7 atom stereocenters. The minimum atomic E-state index is 0.503. The molecule has 0 heterocycles. The Kier molecular flexibility index (Phi) is 2.78. The molecule has 0 radical (unpaired) electrons. The Bertz CT molecular complexity index is 628. The third kappa shape index (κ3) is 1.71. The highest BCUT2D eigenvalue weighted by atomic mass is 14.7. The summed E-state index contributed by atoms with van der Waals surface area (Å²) in [4.78, 5) is 0. The lowest BCUT2D eigenvalue weighted by Gasteiger charge is -2.75. The molecule has 8 saturated carbocycles. The molecular weight excluding hydrogens is 300 g/mol. The molecule has 0 saturated heterocycles. The zero-order valence-electron chi connectivity index (χ0n) is 16.2. The predicted octanol–water partition coefficient (Wildman–Crippen LogP) is 6.78. The first-order valence-electron chi connectivity index (χ1n) is 11.2. The molecule has 0 aromatic rings. The van der Waals surface area contributed by atoms with Crippen molar-refractivity contribution >= 4 is 0 Å². The lowest BCUT2D eigenvalue weighted by atomic mass is 9.29. The Morgan fingerprint density at radius 1 is 0.720 bits per heavy atom. The summed E-state index contributed by atoms with van der Waals surface area (Å²) in [5, 5.41) is 0. The molecule has 0 aromatic heterocycles. The van der Waals surface area contributed by atoms with Crippen LogP contribution in [0.2, 0.25) is 0 Å². The van der Waals surface area contributed by atoms with Crippen LogP contribution in [0, 0.1) is 51.2 Å². The summed E-state index contributed by atoms with van der Waals surface area (Å²) in [5.41, 5.74) is 2.30. The molecule has 8 aliphatic carbocycles. The van der Waals surface area contributed by atoms with E-state index >= 15 is 0 Å². The van der Waals surface area contributed by atoms with Crippen LogP contribution in [0.1, 0.15) is 77.6 Å². The van der Waals surface area contributed by atoms with Crippen LogP contribution in [0.4, 0.5) is 0 Å². The topological polar surface area (TPSA) is 0 Å². The molecule has 8 aliphatic rings. The van der Waals surface area contributed by atoms with Crippen LogP contribution in [-0.2, 0) is 0 Å². The lowest BCUT2D eigenvalue weighted by molar-refractivity contribution is -0.249. The van der Waals surface area contributed by atoms with Gasteiger partial charge in [-0.3, -0.25) is 0 Å². The maximum atomic E-state index is 4.37. The fourth-order valence-corrected chi connectivity index (χ4v) is 10.8. The van der Waals surface area contributed by atoms with Gasteiger partial charge in [-0.15, -0.1) is 13.2 Å². The maximum absolute atomic E-state index is 4.37. The number of hydrogen-bond acceptors (Lipinski definition) is 0. The monoisotopic (exact) mass is 336 g/mol. The Hall–Kier alpha value is -0.520. The molecule has 7 unspecified atom stereocenters. The van der Waals surface area contributed by atoms with Crippen molar-refractivity contribution in [2.24, 2.45) is 51.2 Å². The first-order chi connectivity index (χ1) is 12.0. The summed E-state index contributed by atoms with van der Waals surface area (Å²) in [6.45, 7) is 11.4. The van der Waals surface area contributed by atoms with Gasteiger partial charge in [0.15, 0.2) is 0 Å². The molecular formula is C25H36. The van der Waals surface area contributed by atoms with Gasteiger partial charge in [-0.2, -0.15) is 0 Å². The van der Waals surface area contributed by atoms with Crippen LogP contribution in [0.3, 0.4) is 0 Å². The van der Waals surface area contributed by atoms with Crippen molar-refractivity contribution in [2.75, 3.05) is 0 Å². The standard InChI is InChI=1S/C25H36/c1-4-22-8-18-6-19(9-22)12-24(11-18,15-22)25-13-20-7-21(17(25)3)14-23(5-2,10-20)16-25/h4-5,17-21H,1-2,6-16H2,3H3. The van der Waals surface area contributed by atoms with Gasteiger partial charge in [0, 0.05) is 0 Å². The van der Waals surface area contributed by atoms with Gasteiger partial charge < -0.3 is 0 Å². The Morgan fingerprint density at radius 2 is 1.32 bits per heavy atom. The quantitative estimate of drug-likeness (QED) is 0.498. The van der Waals surface area contributed by atoms with Crippen molar-refractivity contribution in [1.82, 2.24) is 0 Å². The largest absolute Gasteiger partial charge is 0.103 e. The minimum absolute atomic E-state index is 0.503. The molecule has 8 fully saturated rings. The summed E-state index contributed by atoms with van der Waals surface area (Å²) in [6, 6.07) is 0. The zero-order valence-corrected chi connectivity index (χ0v) is 16.2. The lowest BCUT2D eigenvalue weighted by Crippen LogP contribution is -2.67. The average molecular weight is 337 g/mol. The predicted molar refractivity (Wildman–Crippen MR) is 104 cm³/mol. The van der Waals surface area contributed by atoms with E-state index in [1.165, 1.54) is 44.9 Å². The molecule has 8 bridgehead atoms. The molecule has 0 aliphatic heterocycles. The van der Waals surface area contributed by atoms with E-state index in [0.29, 0.717) is 21.7 Å². The number of allylic oxidation sites excluding steroid dienone is 2. The molecule has 136 valence electrons. The van der Waals surface area contributed by atoms with E-state index in [0.717, 1.165) is 29.6 Å². The van der Waals surface area contributed by atoms with Crippen molar-refractivity contribution in [3.8, 4) is 0 Å². The highest BCUT2D eigenvalue weighted by Crippen LogP contribution is 2.80. The second-order valence-electron chi connectivity index (χ2n) is 12.0. The number of rotatable bonds is 3. The van der Waals surface area contributed by atoms with Gasteiger partial charge in [0.05, 0.1) is 0 Å². The highest BCUT2D eigenvalue weighted by Gasteiger charge is 2.71. The van der Waals surface area contributed by atoms with Crippen LogP contribution in [0.25, 0.3) is 0 Å². The van der Waals surface area contributed by atoms with Crippen LogP contribution < -0.4 is 0 Å². The van der Waals surface area contributed by atoms with E-state index in [1.807, 2.05) is 0 Å². The molecule has 0 spiro atoms.